The van der Waals surface area contributed by atoms with Gasteiger partial charge in [0.15, 0.2) is 5.96 Å². The molecule has 1 heterocycles. The molecule has 2 N–H and O–H groups in total. The second-order valence-corrected chi connectivity index (χ2v) is 8.35. The van der Waals surface area contributed by atoms with Gasteiger partial charge in [-0.25, -0.2) is 12.8 Å². The fourth-order valence-corrected chi connectivity index (χ4v) is 3.76. The van der Waals surface area contributed by atoms with Gasteiger partial charge in [-0.15, -0.1) is 24.0 Å². The molecule has 172 valence electrons. The summed E-state index contributed by atoms with van der Waals surface area (Å²) in [6.07, 6.45) is 1.12. The summed E-state index contributed by atoms with van der Waals surface area (Å²) < 4.78 is 79.4. The van der Waals surface area contributed by atoms with Gasteiger partial charge in [0.25, 0.3) is 0 Å². The van der Waals surface area contributed by atoms with Crippen LogP contribution in [0.2, 0.25) is 0 Å². The maximum Gasteiger partial charge on any atom is 0.511 e. The van der Waals surface area contributed by atoms with Gasteiger partial charge in [-0.1, -0.05) is 0 Å². The summed E-state index contributed by atoms with van der Waals surface area (Å²) >= 11 is 0. The summed E-state index contributed by atoms with van der Waals surface area (Å²) in [5, 5.41) is 6.15. The zero-order chi connectivity index (χ0) is 21.5. The van der Waals surface area contributed by atoms with E-state index in [2.05, 4.69) is 15.6 Å². The minimum atomic E-state index is -5.28. The number of piperidine rings is 1. The van der Waals surface area contributed by atoms with E-state index in [9.17, 15) is 26.0 Å². The van der Waals surface area contributed by atoms with Crippen LogP contribution in [-0.4, -0.2) is 63.5 Å². The fraction of sp³-hybridized carbons (Fsp3) is 0.588. The summed E-state index contributed by atoms with van der Waals surface area (Å²) in [7, 11) is -3.71. The first kappa shape index (κ1) is 26.7. The molecule has 1 aliphatic heterocycles. The summed E-state index contributed by atoms with van der Waals surface area (Å²) in [5.74, 6) is 0.703. The lowest BCUT2D eigenvalue weighted by molar-refractivity contribution is -0.0494. The number of guanidine groups is 1. The van der Waals surface area contributed by atoms with E-state index in [0.717, 1.165) is 0 Å². The van der Waals surface area contributed by atoms with Crippen LogP contribution in [0.5, 0.6) is 5.75 Å². The van der Waals surface area contributed by atoms with E-state index in [0.29, 0.717) is 35.6 Å². The number of hydrogen-bond acceptors (Lipinski definition) is 4. The molecular formula is C17H25F4IN4O3S. The number of nitrogens with one attached hydrogen (secondary N) is 2. The molecule has 0 saturated carbocycles. The average molecular weight is 568 g/mol. The molecule has 1 aromatic rings. The topological polar surface area (TPSA) is 83.0 Å². The molecule has 0 amide bonds. The maximum absolute atomic E-state index is 12.8. The molecule has 0 aromatic heterocycles. The third-order valence-electron chi connectivity index (χ3n) is 4.35. The van der Waals surface area contributed by atoms with Crippen LogP contribution in [0.3, 0.4) is 0 Å². The lowest BCUT2D eigenvalue weighted by Gasteiger charge is -2.32. The fourth-order valence-electron chi connectivity index (χ4n) is 2.77. The van der Waals surface area contributed by atoms with Crippen molar-refractivity contribution in [3.8, 4) is 5.75 Å². The molecule has 7 nitrogen and oxygen atoms in total. The van der Waals surface area contributed by atoms with Crippen LogP contribution in [0.4, 0.5) is 17.6 Å². The van der Waals surface area contributed by atoms with E-state index >= 15 is 0 Å². The zero-order valence-corrected chi connectivity index (χ0v) is 19.4. The van der Waals surface area contributed by atoms with E-state index in [-0.39, 0.29) is 61.8 Å². The largest absolute Gasteiger partial charge is 0.511 e. The number of sulfonamides is 1. The highest BCUT2D eigenvalue weighted by atomic mass is 127. The molecular weight excluding hydrogens is 543 g/mol. The second-order valence-electron chi connectivity index (χ2n) is 6.42. The highest BCUT2D eigenvalue weighted by Gasteiger charge is 2.50. The van der Waals surface area contributed by atoms with E-state index in [1.807, 2.05) is 0 Å². The van der Waals surface area contributed by atoms with Crippen LogP contribution in [0.25, 0.3) is 0 Å². The highest BCUT2D eigenvalue weighted by molar-refractivity contribution is 14.0. The van der Waals surface area contributed by atoms with Crippen molar-refractivity contribution in [1.29, 1.82) is 0 Å². The lowest BCUT2D eigenvalue weighted by atomic mass is 10.1. The third-order valence-corrected chi connectivity index (χ3v) is 5.98. The molecule has 0 aliphatic carbocycles. The molecule has 0 unspecified atom stereocenters. The molecule has 0 radical (unpaired) electrons. The van der Waals surface area contributed by atoms with Gasteiger partial charge >= 0.3 is 15.5 Å². The van der Waals surface area contributed by atoms with Crippen molar-refractivity contribution in [3.05, 3.63) is 30.1 Å². The van der Waals surface area contributed by atoms with Gasteiger partial charge < -0.3 is 15.4 Å². The van der Waals surface area contributed by atoms with Crippen LogP contribution >= 0.6 is 24.0 Å². The number of halogens is 5. The van der Waals surface area contributed by atoms with Crippen LogP contribution in [0.15, 0.2) is 29.3 Å². The average Bonchev–Trinajstić information content (AvgIpc) is 2.67. The van der Waals surface area contributed by atoms with Gasteiger partial charge in [0.1, 0.15) is 11.6 Å². The van der Waals surface area contributed by atoms with Crippen molar-refractivity contribution in [2.45, 2.75) is 30.8 Å². The first-order chi connectivity index (χ1) is 13.6. The molecule has 0 atom stereocenters. The molecule has 13 heteroatoms. The Kier molecular flexibility index (Phi) is 10.6. The number of nitrogens with zero attached hydrogens (tertiary/aromatic N) is 2. The van der Waals surface area contributed by atoms with Crippen molar-refractivity contribution in [2.75, 3.05) is 33.3 Å². The quantitative estimate of drug-likeness (QED) is 0.174. The SMILES string of the molecule is CN=C(NCCCOc1ccc(F)cc1)NC1CCN(S(=O)(=O)C(F)(F)F)CC1.I. The Morgan fingerprint density at radius 2 is 1.83 bits per heavy atom. The Morgan fingerprint density at radius 3 is 2.37 bits per heavy atom. The normalized spacial score (nSPS) is 16.6. The Morgan fingerprint density at radius 1 is 1.23 bits per heavy atom. The molecule has 1 saturated heterocycles. The van der Waals surface area contributed by atoms with Gasteiger partial charge in [0.05, 0.1) is 6.61 Å². The summed E-state index contributed by atoms with van der Waals surface area (Å²) in [6, 6.07) is 5.51. The van der Waals surface area contributed by atoms with Crippen molar-refractivity contribution >= 4 is 40.0 Å². The number of hydrogen-bond donors (Lipinski definition) is 2. The molecule has 1 aliphatic rings. The van der Waals surface area contributed by atoms with E-state index in [1.54, 1.807) is 7.05 Å². The standard InChI is InChI=1S/C17H24F4N4O3S.HI/c1-22-16(23-9-2-12-28-15-5-3-13(18)4-6-15)24-14-7-10-25(11-8-14)29(26,27)17(19,20)21;/h3-6,14H,2,7-12H2,1H3,(H2,22,23,24);1H. The number of benzene rings is 1. The Bertz CT molecular complexity index is 783. The van der Waals surface area contributed by atoms with Gasteiger partial charge in [-0.3, -0.25) is 4.99 Å². The second kappa shape index (κ2) is 11.9. The number of aliphatic imine (C=N–C) groups is 1. The predicted octanol–water partition coefficient (Wildman–Crippen LogP) is 2.69. The van der Waals surface area contributed by atoms with Gasteiger partial charge in [0.2, 0.25) is 0 Å². The summed E-state index contributed by atoms with van der Waals surface area (Å²) in [4.78, 5) is 4.05. The van der Waals surface area contributed by atoms with Gasteiger partial charge in [-0.2, -0.15) is 17.5 Å². The van der Waals surface area contributed by atoms with Crippen molar-refractivity contribution in [3.63, 3.8) is 0 Å². The van der Waals surface area contributed by atoms with Crippen LogP contribution < -0.4 is 15.4 Å². The first-order valence-corrected chi connectivity index (χ1v) is 10.5. The van der Waals surface area contributed by atoms with E-state index < -0.39 is 15.5 Å². The molecule has 0 bridgehead atoms. The molecule has 1 fully saturated rings. The van der Waals surface area contributed by atoms with Crippen LogP contribution in [-0.2, 0) is 10.0 Å². The number of ether oxygens (including phenoxy) is 1. The van der Waals surface area contributed by atoms with Crippen molar-refractivity contribution in [1.82, 2.24) is 14.9 Å². The predicted molar refractivity (Wildman–Crippen MR) is 116 cm³/mol. The minimum Gasteiger partial charge on any atom is -0.494 e. The Balaban J connectivity index is 0.00000450. The highest BCUT2D eigenvalue weighted by Crippen LogP contribution is 2.28. The lowest BCUT2D eigenvalue weighted by Crippen LogP contribution is -2.51. The molecule has 30 heavy (non-hydrogen) atoms. The Labute approximate surface area is 190 Å². The minimum absolute atomic E-state index is 0. The smallest absolute Gasteiger partial charge is 0.494 e. The molecule has 0 spiro atoms. The molecule has 1 aromatic carbocycles. The number of rotatable bonds is 7. The van der Waals surface area contributed by atoms with E-state index in [1.165, 1.54) is 24.3 Å². The summed E-state index contributed by atoms with van der Waals surface area (Å²) in [6.45, 7) is 0.523. The third kappa shape index (κ3) is 7.72. The summed E-state index contributed by atoms with van der Waals surface area (Å²) in [5.41, 5.74) is -5.28. The maximum atomic E-state index is 12.8. The van der Waals surface area contributed by atoms with Crippen molar-refractivity contribution < 1.29 is 30.7 Å². The Hall–Kier alpha value is -1.35. The van der Waals surface area contributed by atoms with Crippen molar-refractivity contribution in [2.24, 2.45) is 4.99 Å². The van der Waals surface area contributed by atoms with Gasteiger partial charge in [0, 0.05) is 32.7 Å². The van der Waals surface area contributed by atoms with Crippen LogP contribution in [0.1, 0.15) is 19.3 Å². The number of alkyl halides is 3. The molecule has 2 rings (SSSR count). The first-order valence-electron chi connectivity index (χ1n) is 9.05. The van der Waals surface area contributed by atoms with E-state index in [4.69, 9.17) is 4.74 Å². The van der Waals surface area contributed by atoms with Crippen LogP contribution in [0, 0.1) is 5.82 Å². The monoisotopic (exact) mass is 568 g/mol. The zero-order valence-electron chi connectivity index (χ0n) is 16.3. The van der Waals surface area contributed by atoms with Gasteiger partial charge in [-0.05, 0) is 43.5 Å².